The maximum Gasteiger partial charge on any atom is 0.254 e. The lowest BCUT2D eigenvalue weighted by atomic mass is 10.1. The average molecular weight is 338 g/mol. The molecule has 130 valence electrons. The number of carbonyl (C=O) groups is 2. The van der Waals surface area contributed by atoms with Crippen LogP contribution >= 0.6 is 0 Å². The molecule has 0 bridgehead atoms. The van der Waals surface area contributed by atoms with Gasteiger partial charge in [0.05, 0.1) is 6.54 Å². The van der Waals surface area contributed by atoms with E-state index in [2.05, 4.69) is 5.32 Å². The normalized spacial score (nSPS) is 15.9. The molecule has 0 saturated heterocycles. The predicted molar refractivity (Wildman–Crippen MR) is 96.8 cm³/mol. The van der Waals surface area contributed by atoms with Gasteiger partial charge in [-0.3, -0.25) is 9.59 Å². The maximum atomic E-state index is 12.8. The summed E-state index contributed by atoms with van der Waals surface area (Å²) in [6.07, 6.45) is 0. The van der Waals surface area contributed by atoms with Crippen molar-refractivity contribution in [1.82, 2.24) is 5.32 Å². The van der Waals surface area contributed by atoms with Crippen molar-refractivity contribution in [3.05, 3.63) is 59.2 Å². The molecule has 0 unspecified atom stereocenters. The van der Waals surface area contributed by atoms with E-state index in [0.717, 1.165) is 22.6 Å². The molecule has 2 amide bonds. The van der Waals surface area contributed by atoms with Crippen LogP contribution in [0.1, 0.15) is 29.7 Å². The van der Waals surface area contributed by atoms with Crippen LogP contribution in [0.3, 0.4) is 0 Å². The van der Waals surface area contributed by atoms with E-state index in [-0.39, 0.29) is 11.8 Å². The second-order valence-electron chi connectivity index (χ2n) is 6.35. The molecule has 0 radical (unpaired) electrons. The van der Waals surface area contributed by atoms with E-state index < -0.39 is 6.04 Å². The van der Waals surface area contributed by atoms with Gasteiger partial charge in [0.1, 0.15) is 18.4 Å². The Bertz CT molecular complexity index is 799. The molecule has 3 rings (SSSR count). The first kappa shape index (κ1) is 17.0. The van der Waals surface area contributed by atoms with Gasteiger partial charge in [0, 0.05) is 18.2 Å². The van der Waals surface area contributed by atoms with Gasteiger partial charge in [-0.05, 0) is 32.0 Å². The van der Waals surface area contributed by atoms with Gasteiger partial charge in [0.2, 0.25) is 5.91 Å². The molecule has 1 heterocycles. The van der Waals surface area contributed by atoms with Gasteiger partial charge in [-0.2, -0.15) is 0 Å². The summed E-state index contributed by atoms with van der Waals surface area (Å²) in [7, 11) is 0. The lowest BCUT2D eigenvalue weighted by Crippen LogP contribution is -2.38. The Kier molecular flexibility index (Phi) is 4.74. The third-order valence-electron chi connectivity index (χ3n) is 4.25. The number of carbonyl (C=O) groups excluding carboxylic acids is 2. The monoisotopic (exact) mass is 338 g/mol. The number of nitrogens with one attached hydrogen (secondary N) is 1. The van der Waals surface area contributed by atoms with Crippen molar-refractivity contribution >= 4 is 17.5 Å². The lowest BCUT2D eigenvalue weighted by Gasteiger charge is -2.18. The molecule has 1 aliphatic heterocycles. The fourth-order valence-electron chi connectivity index (χ4n) is 3.02. The summed E-state index contributed by atoms with van der Waals surface area (Å²) in [4.78, 5) is 25.9. The number of ether oxygens (including phenoxy) is 1. The number of aryl methyl sites for hydroxylation is 2. The van der Waals surface area contributed by atoms with Crippen molar-refractivity contribution in [1.29, 1.82) is 0 Å². The van der Waals surface area contributed by atoms with Gasteiger partial charge in [0.15, 0.2) is 0 Å². The van der Waals surface area contributed by atoms with Crippen molar-refractivity contribution in [2.24, 2.45) is 0 Å². The number of hydrogen-bond donors (Lipinski definition) is 1. The number of fused-ring (bicyclic) bond motifs is 1. The molecule has 1 N–H and O–H groups in total. The van der Waals surface area contributed by atoms with Gasteiger partial charge < -0.3 is 15.0 Å². The molecule has 5 heteroatoms. The Morgan fingerprint density at radius 2 is 1.80 bits per heavy atom. The van der Waals surface area contributed by atoms with Crippen molar-refractivity contribution in [3.63, 3.8) is 0 Å². The Morgan fingerprint density at radius 1 is 1.12 bits per heavy atom. The quantitative estimate of drug-likeness (QED) is 0.912. The SMILES string of the molecule is CC(=O)N[C@H]1C(=O)N(CCOc2ccc(C)cc2)c2ccc(C)cc21. The molecule has 0 fully saturated rings. The number of rotatable bonds is 5. The highest BCUT2D eigenvalue weighted by Gasteiger charge is 2.37. The minimum Gasteiger partial charge on any atom is -0.492 e. The van der Waals surface area contributed by atoms with E-state index in [9.17, 15) is 9.59 Å². The molecular weight excluding hydrogens is 316 g/mol. The summed E-state index contributed by atoms with van der Waals surface area (Å²) in [5, 5.41) is 2.75. The Hall–Kier alpha value is -2.82. The Balaban J connectivity index is 1.74. The topological polar surface area (TPSA) is 58.6 Å². The zero-order chi connectivity index (χ0) is 18.0. The van der Waals surface area contributed by atoms with Crippen LogP contribution in [-0.4, -0.2) is 25.0 Å². The number of nitrogens with zero attached hydrogens (tertiary/aromatic N) is 1. The fraction of sp³-hybridized carbons (Fsp3) is 0.300. The first-order valence-corrected chi connectivity index (χ1v) is 8.34. The van der Waals surface area contributed by atoms with Crippen LogP contribution in [0.4, 0.5) is 5.69 Å². The van der Waals surface area contributed by atoms with E-state index in [4.69, 9.17) is 4.74 Å². The van der Waals surface area contributed by atoms with Gasteiger partial charge >= 0.3 is 0 Å². The largest absolute Gasteiger partial charge is 0.492 e. The van der Waals surface area contributed by atoms with Gasteiger partial charge in [-0.1, -0.05) is 35.4 Å². The average Bonchev–Trinajstić information content (AvgIpc) is 2.81. The minimum absolute atomic E-state index is 0.122. The minimum atomic E-state index is -0.619. The number of anilines is 1. The van der Waals surface area contributed by atoms with Crippen molar-refractivity contribution < 1.29 is 14.3 Å². The van der Waals surface area contributed by atoms with E-state index in [1.54, 1.807) is 4.90 Å². The zero-order valence-corrected chi connectivity index (χ0v) is 14.7. The third kappa shape index (κ3) is 3.65. The standard InChI is InChI=1S/C20H22N2O3/c1-13-4-7-16(8-5-13)25-11-10-22-18-9-6-14(2)12-17(18)19(20(22)24)21-15(3)23/h4-9,12,19H,10-11H2,1-3H3,(H,21,23)/t19-/m1/s1. The van der Waals surface area contributed by atoms with Crippen LogP contribution in [0.15, 0.2) is 42.5 Å². The second-order valence-corrected chi connectivity index (χ2v) is 6.35. The summed E-state index contributed by atoms with van der Waals surface area (Å²) < 4.78 is 5.75. The van der Waals surface area contributed by atoms with Crippen molar-refractivity contribution in [3.8, 4) is 5.75 Å². The van der Waals surface area contributed by atoms with Crippen LogP contribution in [0, 0.1) is 13.8 Å². The van der Waals surface area contributed by atoms with Crippen LogP contribution in [0.5, 0.6) is 5.75 Å². The molecule has 5 nitrogen and oxygen atoms in total. The first-order chi connectivity index (χ1) is 12.0. The summed E-state index contributed by atoms with van der Waals surface area (Å²) in [6.45, 7) is 6.23. The molecule has 0 aromatic heterocycles. The van der Waals surface area contributed by atoms with Crippen LogP contribution in [-0.2, 0) is 9.59 Å². The molecule has 0 saturated carbocycles. The molecule has 0 aliphatic carbocycles. The number of hydrogen-bond acceptors (Lipinski definition) is 3. The van der Waals surface area contributed by atoms with Crippen molar-refractivity contribution in [2.45, 2.75) is 26.8 Å². The summed E-state index contributed by atoms with van der Waals surface area (Å²) in [6, 6.07) is 13.0. The Labute approximate surface area is 147 Å². The van der Waals surface area contributed by atoms with E-state index in [0.29, 0.717) is 13.2 Å². The molecular formula is C20H22N2O3. The van der Waals surface area contributed by atoms with E-state index in [1.165, 1.54) is 12.5 Å². The van der Waals surface area contributed by atoms with Crippen LogP contribution in [0.25, 0.3) is 0 Å². The molecule has 2 aromatic carbocycles. The zero-order valence-electron chi connectivity index (χ0n) is 14.7. The van der Waals surface area contributed by atoms with Crippen LogP contribution < -0.4 is 15.0 Å². The first-order valence-electron chi connectivity index (χ1n) is 8.34. The number of benzene rings is 2. The highest BCUT2D eigenvalue weighted by molar-refractivity contribution is 6.06. The number of amides is 2. The van der Waals surface area contributed by atoms with Gasteiger partial charge in [0.25, 0.3) is 5.91 Å². The van der Waals surface area contributed by atoms with Crippen LogP contribution in [0.2, 0.25) is 0 Å². The lowest BCUT2D eigenvalue weighted by molar-refractivity contribution is -0.126. The van der Waals surface area contributed by atoms with Gasteiger partial charge in [-0.25, -0.2) is 0 Å². The predicted octanol–water partition coefficient (Wildman–Crippen LogP) is 2.91. The maximum absolute atomic E-state index is 12.8. The van der Waals surface area contributed by atoms with E-state index in [1.807, 2.05) is 56.3 Å². The Morgan fingerprint density at radius 3 is 2.48 bits per heavy atom. The smallest absolute Gasteiger partial charge is 0.254 e. The fourth-order valence-corrected chi connectivity index (χ4v) is 3.02. The highest BCUT2D eigenvalue weighted by atomic mass is 16.5. The molecule has 1 aliphatic rings. The summed E-state index contributed by atoms with van der Waals surface area (Å²) >= 11 is 0. The van der Waals surface area contributed by atoms with Gasteiger partial charge in [-0.15, -0.1) is 0 Å². The second kappa shape index (κ2) is 6.97. The molecule has 0 spiro atoms. The highest BCUT2D eigenvalue weighted by Crippen LogP contribution is 2.36. The molecule has 25 heavy (non-hydrogen) atoms. The van der Waals surface area contributed by atoms with Crippen molar-refractivity contribution in [2.75, 3.05) is 18.1 Å². The molecule has 1 atom stereocenters. The van der Waals surface area contributed by atoms with E-state index >= 15 is 0 Å². The summed E-state index contributed by atoms with van der Waals surface area (Å²) in [5.41, 5.74) is 3.90. The summed E-state index contributed by atoms with van der Waals surface area (Å²) in [5.74, 6) is 0.437. The molecule has 2 aromatic rings. The third-order valence-corrected chi connectivity index (χ3v) is 4.25.